The quantitative estimate of drug-likeness (QED) is 0.193. The molecule has 0 unspecified atom stereocenters. The molecule has 0 fully saturated rings. The van der Waals surface area contributed by atoms with Crippen molar-refractivity contribution in [3.8, 4) is 17.4 Å². The van der Waals surface area contributed by atoms with E-state index >= 15 is 0 Å². The van der Waals surface area contributed by atoms with Crippen LogP contribution in [0.4, 0.5) is 0 Å². The first-order chi connectivity index (χ1) is 15.7. The van der Waals surface area contributed by atoms with Crippen molar-refractivity contribution in [1.82, 2.24) is 30.2 Å². The molecule has 0 amide bonds. The summed E-state index contributed by atoms with van der Waals surface area (Å²) < 4.78 is 12.9. The molecule has 10 heteroatoms. The van der Waals surface area contributed by atoms with Crippen molar-refractivity contribution in [3.63, 3.8) is 0 Å². The smallest absolute Gasteiger partial charge is 0.219 e. The Hall–Kier alpha value is -3.41. The largest absolute Gasteiger partial charge is 0.497 e. The van der Waals surface area contributed by atoms with Gasteiger partial charge < -0.3 is 20.1 Å². The third-order valence-corrected chi connectivity index (χ3v) is 4.62. The van der Waals surface area contributed by atoms with Crippen molar-refractivity contribution < 1.29 is 9.47 Å². The van der Waals surface area contributed by atoms with Gasteiger partial charge in [0.1, 0.15) is 11.5 Å². The Balaban J connectivity index is 0.00000306. The number of fused-ring (bicyclic) bond motifs is 1. The second kappa shape index (κ2) is 12.0. The molecule has 0 aliphatic rings. The number of hydrogen-bond donors (Lipinski definition) is 2. The van der Waals surface area contributed by atoms with Crippen LogP contribution in [0.15, 0.2) is 72.0 Å². The Morgan fingerprint density at radius 3 is 2.70 bits per heavy atom. The number of guanidine groups is 1. The lowest BCUT2D eigenvalue weighted by molar-refractivity contribution is 0.407. The summed E-state index contributed by atoms with van der Waals surface area (Å²) in [6.07, 6.45) is 3.70. The maximum Gasteiger partial charge on any atom is 0.219 e. The summed E-state index contributed by atoms with van der Waals surface area (Å²) in [4.78, 5) is 9.02. The van der Waals surface area contributed by atoms with Crippen LogP contribution in [0.2, 0.25) is 0 Å². The van der Waals surface area contributed by atoms with Gasteiger partial charge in [0.05, 0.1) is 20.2 Å². The molecule has 33 heavy (non-hydrogen) atoms. The van der Waals surface area contributed by atoms with E-state index in [1.165, 1.54) is 0 Å². The molecule has 172 valence electrons. The van der Waals surface area contributed by atoms with E-state index in [2.05, 4.69) is 30.8 Å². The van der Waals surface area contributed by atoms with Crippen molar-refractivity contribution in [2.45, 2.75) is 20.0 Å². The number of ether oxygens (including phenoxy) is 2. The zero-order valence-corrected chi connectivity index (χ0v) is 20.8. The second-order valence-corrected chi connectivity index (χ2v) is 6.88. The molecular weight excluding hydrogens is 533 g/mol. The molecule has 0 aliphatic heterocycles. The van der Waals surface area contributed by atoms with Gasteiger partial charge in [-0.15, -0.1) is 34.2 Å². The number of rotatable bonds is 8. The SMILES string of the molecule is CCNC(=NCc1ccc(Oc2cccc(OC)c2)nc1)NCc1nnc2ccccn12.I. The zero-order chi connectivity index (χ0) is 22.2. The van der Waals surface area contributed by atoms with E-state index in [0.29, 0.717) is 30.7 Å². The van der Waals surface area contributed by atoms with Crippen molar-refractivity contribution in [2.75, 3.05) is 13.7 Å². The van der Waals surface area contributed by atoms with Gasteiger partial charge in [0, 0.05) is 31.1 Å². The summed E-state index contributed by atoms with van der Waals surface area (Å²) in [6.45, 7) is 3.75. The lowest BCUT2D eigenvalue weighted by atomic mass is 10.3. The van der Waals surface area contributed by atoms with Gasteiger partial charge in [0.2, 0.25) is 5.88 Å². The molecular formula is C23H26IN7O2. The average Bonchev–Trinajstić information content (AvgIpc) is 3.25. The molecule has 0 spiro atoms. The fraction of sp³-hybridized carbons (Fsp3) is 0.217. The molecule has 3 aromatic heterocycles. The molecule has 4 rings (SSSR count). The van der Waals surface area contributed by atoms with Gasteiger partial charge in [-0.1, -0.05) is 18.2 Å². The lowest BCUT2D eigenvalue weighted by Gasteiger charge is -2.11. The van der Waals surface area contributed by atoms with Crippen LogP contribution in [0.25, 0.3) is 5.65 Å². The molecule has 0 saturated carbocycles. The first-order valence-corrected chi connectivity index (χ1v) is 10.3. The minimum Gasteiger partial charge on any atom is -0.497 e. The number of nitrogens with zero attached hydrogens (tertiary/aromatic N) is 5. The van der Waals surface area contributed by atoms with Crippen LogP contribution in [0.3, 0.4) is 0 Å². The minimum absolute atomic E-state index is 0. The summed E-state index contributed by atoms with van der Waals surface area (Å²) >= 11 is 0. The van der Waals surface area contributed by atoms with Gasteiger partial charge in [-0.25, -0.2) is 9.98 Å². The monoisotopic (exact) mass is 559 g/mol. The Kier molecular flexibility index (Phi) is 8.81. The third-order valence-electron chi connectivity index (χ3n) is 4.62. The molecule has 0 radical (unpaired) electrons. The highest BCUT2D eigenvalue weighted by molar-refractivity contribution is 14.0. The molecule has 1 aromatic carbocycles. The molecule has 0 atom stereocenters. The Morgan fingerprint density at radius 2 is 1.91 bits per heavy atom. The fourth-order valence-corrected chi connectivity index (χ4v) is 3.04. The van der Waals surface area contributed by atoms with E-state index in [1.54, 1.807) is 13.3 Å². The molecule has 0 bridgehead atoms. The maximum atomic E-state index is 5.79. The number of pyridine rings is 2. The van der Waals surface area contributed by atoms with Gasteiger partial charge in [-0.05, 0) is 36.8 Å². The Morgan fingerprint density at radius 1 is 1.03 bits per heavy atom. The van der Waals surface area contributed by atoms with Crippen LogP contribution in [-0.4, -0.2) is 39.2 Å². The normalized spacial score (nSPS) is 11.0. The highest BCUT2D eigenvalue weighted by atomic mass is 127. The van der Waals surface area contributed by atoms with Crippen molar-refractivity contribution in [1.29, 1.82) is 0 Å². The van der Waals surface area contributed by atoms with E-state index in [-0.39, 0.29) is 24.0 Å². The highest BCUT2D eigenvalue weighted by Crippen LogP contribution is 2.23. The number of hydrogen-bond acceptors (Lipinski definition) is 6. The predicted molar refractivity (Wildman–Crippen MR) is 137 cm³/mol. The van der Waals surface area contributed by atoms with Gasteiger partial charge in [-0.3, -0.25) is 4.40 Å². The molecule has 4 aromatic rings. The fourth-order valence-electron chi connectivity index (χ4n) is 3.04. The first kappa shape index (κ1) is 24.2. The number of benzene rings is 1. The van der Waals surface area contributed by atoms with E-state index in [0.717, 1.165) is 29.3 Å². The van der Waals surface area contributed by atoms with E-state index in [4.69, 9.17) is 9.47 Å². The lowest BCUT2D eigenvalue weighted by Crippen LogP contribution is -2.37. The summed E-state index contributed by atoms with van der Waals surface area (Å²) in [5, 5.41) is 14.9. The number of aromatic nitrogens is 4. The Bertz CT molecular complexity index is 1190. The Labute approximate surface area is 209 Å². The van der Waals surface area contributed by atoms with Gasteiger partial charge in [-0.2, -0.15) is 0 Å². The van der Waals surface area contributed by atoms with E-state index in [1.807, 2.05) is 72.1 Å². The zero-order valence-electron chi connectivity index (χ0n) is 18.4. The minimum atomic E-state index is 0. The van der Waals surface area contributed by atoms with Crippen LogP contribution >= 0.6 is 24.0 Å². The topological polar surface area (TPSA) is 98.0 Å². The van der Waals surface area contributed by atoms with Crippen molar-refractivity contribution in [3.05, 3.63) is 78.4 Å². The first-order valence-electron chi connectivity index (χ1n) is 10.3. The van der Waals surface area contributed by atoms with Crippen LogP contribution in [0.1, 0.15) is 18.3 Å². The molecule has 2 N–H and O–H groups in total. The average molecular weight is 559 g/mol. The third kappa shape index (κ3) is 6.54. The van der Waals surface area contributed by atoms with E-state index < -0.39 is 0 Å². The molecule has 3 heterocycles. The summed E-state index contributed by atoms with van der Waals surface area (Å²) in [6, 6.07) is 17.0. The van der Waals surface area contributed by atoms with Crippen LogP contribution in [0, 0.1) is 0 Å². The summed E-state index contributed by atoms with van der Waals surface area (Å²) in [5.74, 6) is 3.41. The van der Waals surface area contributed by atoms with Crippen LogP contribution < -0.4 is 20.1 Å². The standard InChI is InChI=1S/C23H25N7O2.HI/c1-3-24-23(27-16-21-29-28-20-9-4-5-12-30(20)21)26-15-17-10-11-22(25-14-17)32-19-8-6-7-18(13-19)31-2;/h4-14H,3,15-16H2,1-2H3,(H2,24,26,27);1H. The maximum absolute atomic E-state index is 5.79. The van der Waals surface area contributed by atoms with Crippen molar-refractivity contribution in [2.24, 2.45) is 4.99 Å². The second-order valence-electron chi connectivity index (χ2n) is 6.88. The number of aliphatic imine (C=N–C) groups is 1. The number of nitrogens with one attached hydrogen (secondary N) is 2. The predicted octanol–water partition coefficient (Wildman–Crippen LogP) is 3.80. The van der Waals surface area contributed by atoms with Crippen molar-refractivity contribution >= 4 is 35.6 Å². The molecule has 9 nitrogen and oxygen atoms in total. The molecule has 0 saturated heterocycles. The van der Waals surface area contributed by atoms with Crippen LogP contribution in [-0.2, 0) is 13.1 Å². The number of halogens is 1. The van der Waals surface area contributed by atoms with Crippen LogP contribution in [0.5, 0.6) is 17.4 Å². The van der Waals surface area contributed by atoms with Gasteiger partial charge >= 0.3 is 0 Å². The number of methoxy groups -OCH3 is 1. The molecule has 0 aliphatic carbocycles. The summed E-state index contributed by atoms with van der Waals surface area (Å²) in [7, 11) is 1.62. The summed E-state index contributed by atoms with van der Waals surface area (Å²) in [5.41, 5.74) is 1.78. The van der Waals surface area contributed by atoms with Gasteiger partial charge in [0.25, 0.3) is 0 Å². The highest BCUT2D eigenvalue weighted by Gasteiger charge is 2.06. The van der Waals surface area contributed by atoms with Gasteiger partial charge in [0.15, 0.2) is 17.4 Å². The van der Waals surface area contributed by atoms with E-state index in [9.17, 15) is 0 Å².